The highest BCUT2D eigenvalue weighted by molar-refractivity contribution is 5.70. The minimum atomic E-state index is 0.542. The van der Waals surface area contributed by atoms with Crippen molar-refractivity contribution in [1.29, 1.82) is 0 Å². The zero-order valence-corrected chi connectivity index (χ0v) is 9.53. The predicted octanol–water partition coefficient (Wildman–Crippen LogP) is 4.14. The van der Waals surface area contributed by atoms with Crippen LogP contribution in [0.4, 0.5) is 0 Å². The minimum Gasteiger partial charge on any atom is -0.0801 e. The predicted molar refractivity (Wildman–Crippen MR) is 64.4 cm³/mol. The van der Waals surface area contributed by atoms with E-state index in [1.54, 1.807) is 5.57 Å². The molecule has 0 heterocycles. The average Bonchev–Trinajstić information content (AvgIpc) is 2.30. The van der Waals surface area contributed by atoms with Crippen LogP contribution in [0.3, 0.4) is 0 Å². The van der Waals surface area contributed by atoms with E-state index in [1.165, 1.54) is 18.4 Å². The smallest absolute Gasteiger partial charge is 0.0102 e. The van der Waals surface area contributed by atoms with Gasteiger partial charge in [0.25, 0.3) is 0 Å². The molecule has 78 valence electrons. The third kappa shape index (κ3) is 1.20. The monoisotopic (exact) mass is 198 g/mol. The van der Waals surface area contributed by atoms with Crippen molar-refractivity contribution in [3.8, 4) is 0 Å². The Morgan fingerprint density at radius 2 is 1.87 bits per heavy atom. The fourth-order valence-corrected chi connectivity index (χ4v) is 3.30. The highest BCUT2D eigenvalue weighted by atomic mass is 14.5. The van der Waals surface area contributed by atoms with Crippen LogP contribution in [0.5, 0.6) is 0 Å². The Hall–Kier alpha value is -1.04. The maximum absolute atomic E-state index is 2.47. The number of hydrogen-bond donors (Lipinski definition) is 0. The summed E-state index contributed by atoms with van der Waals surface area (Å²) in [6.07, 6.45) is 5.17. The molecule has 0 unspecified atom stereocenters. The first-order valence-corrected chi connectivity index (χ1v) is 5.95. The lowest BCUT2D eigenvalue weighted by Crippen LogP contribution is -2.47. The lowest BCUT2D eigenvalue weighted by Gasteiger charge is -2.56. The van der Waals surface area contributed by atoms with Crippen molar-refractivity contribution in [2.24, 2.45) is 17.3 Å². The van der Waals surface area contributed by atoms with Crippen LogP contribution in [0.15, 0.2) is 36.4 Å². The molecule has 0 spiro atoms. The molecule has 0 aliphatic heterocycles. The van der Waals surface area contributed by atoms with E-state index < -0.39 is 0 Å². The number of allylic oxidation sites excluding steroid dienone is 2. The Morgan fingerprint density at radius 3 is 2.47 bits per heavy atom. The van der Waals surface area contributed by atoms with Crippen LogP contribution in [0.1, 0.15) is 32.3 Å². The molecule has 3 aliphatic rings. The molecule has 0 N–H and O–H groups in total. The van der Waals surface area contributed by atoms with Gasteiger partial charge in [-0.25, -0.2) is 0 Å². The van der Waals surface area contributed by atoms with Crippen molar-refractivity contribution in [1.82, 2.24) is 0 Å². The largest absolute Gasteiger partial charge is 0.0801 e. The Kier molecular flexibility index (Phi) is 1.83. The third-order valence-electron chi connectivity index (χ3n) is 4.58. The van der Waals surface area contributed by atoms with E-state index in [4.69, 9.17) is 0 Å². The van der Waals surface area contributed by atoms with Crippen LogP contribution in [0, 0.1) is 17.3 Å². The van der Waals surface area contributed by atoms with Crippen LogP contribution in [0.25, 0.3) is 5.57 Å². The van der Waals surface area contributed by atoms with Crippen molar-refractivity contribution in [3.05, 3.63) is 42.0 Å². The summed E-state index contributed by atoms with van der Waals surface area (Å²) >= 11 is 0. The van der Waals surface area contributed by atoms with Gasteiger partial charge in [0.2, 0.25) is 0 Å². The first-order valence-electron chi connectivity index (χ1n) is 5.95. The van der Waals surface area contributed by atoms with Gasteiger partial charge in [-0.2, -0.15) is 0 Å². The molecule has 1 aromatic carbocycles. The topological polar surface area (TPSA) is 0 Å². The zero-order valence-electron chi connectivity index (χ0n) is 9.53. The second-order valence-electron chi connectivity index (χ2n) is 5.57. The number of rotatable bonds is 1. The standard InChI is InChI=1S/C15H18/c1-15(2)12-8-9-13(14(15)10-12)11-6-4-3-5-7-11/h3-7,9,12,14H,8,10H2,1-2H3/t12-,14-/m1/s1. The van der Waals surface area contributed by atoms with Crippen molar-refractivity contribution >= 4 is 5.57 Å². The highest BCUT2D eigenvalue weighted by Crippen LogP contribution is 2.61. The maximum atomic E-state index is 2.47. The molecule has 1 fully saturated rings. The van der Waals surface area contributed by atoms with Crippen molar-refractivity contribution in [2.45, 2.75) is 26.7 Å². The first kappa shape index (κ1) is 9.21. The van der Waals surface area contributed by atoms with Gasteiger partial charge in [0, 0.05) is 0 Å². The fraction of sp³-hybridized carbons (Fsp3) is 0.467. The quantitative estimate of drug-likeness (QED) is 0.636. The van der Waals surface area contributed by atoms with Gasteiger partial charge in [0.1, 0.15) is 0 Å². The molecule has 4 rings (SSSR count). The van der Waals surface area contributed by atoms with Crippen LogP contribution in [-0.4, -0.2) is 0 Å². The van der Waals surface area contributed by atoms with Crippen molar-refractivity contribution in [2.75, 3.05) is 0 Å². The van der Waals surface area contributed by atoms with Gasteiger partial charge >= 0.3 is 0 Å². The number of hydrogen-bond acceptors (Lipinski definition) is 0. The lowest BCUT2D eigenvalue weighted by atomic mass is 9.48. The van der Waals surface area contributed by atoms with E-state index in [0.717, 1.165) is 11.8 Å². The molecular weight excluding hydrogens is 180 g/mol. The van der Waals surface area contributed by atoms with Gasteiger partial charge in [-0.3, -0.25) is 0 Å². The minimum absolute atomic E-state index is 0.542. The van der Waals surface area contributed by atoms with Gasteiger partial charge in [-0.05, 0) is 41.2 Å². The fourth-order valence-electron chi connectivity index (χ4n) is 3.30. The van der Waals surface area contributed by atoms with Crippen molar-refractivity contribution < 1.29 is 0 Å². The Labute approximate surface area is 92.0 Å². The molecule has 0 radical (unpaired) electrons. The molecule has 1 aromatic rings. The molecule has 1 saturated carbocycles. The van der Waals surface area contributed by atoms with Gasteiger partial charge in [-0.15, -0.1) is 0 Å². The van der Waals surface area contributed by atoms with E-state index in [-0.39, 0.29) is 0 Å². The average molecular weight is 198 g/mol. The SMILES string of the molecule is CC1(C)[C@@H]2CC=C(c3ccccc3)[C@H]1C2. The normalized spacial score (nSPS) is 31.7. The summed E-state index contributed by atoms with van der Waals surface area (Å²) in [6, 6.07) is 10.9. The lowest BCUT2D eigenvalue weighted by molar-refractivity contribution is 0.0113. The molecule has 0 heteroatoms. The van der Waals surface area contributed by atoms with Crippen LogP contribution in [-0.2, 0) is 0 Å². The van der Waals surface area contributed by atoms with Crippen LogP contribution >= 0.6 is 0 Å². The van der Waals surface area contributed by atoms with E-state index in [9.17, 15) is 0 Å². The first-order chi connectivity index (χ1) is 7.19. The Morgan fingerprint density at radius 1 is 1.13 bits per heavy atom. The van der Waals surface area contributed by atoms with E-state index in [0.29, 0.717) is 5.41 Å². The summed E-state index contributed by atoms with van der Waals surface area (Å²) in [5.74, 6) is 1.74. The van der Waals surface area contributed by atoms with E-state index in [1.807, 2.05) is 0 Å². The summed E-state index contributed by atoms with van der Waals surface area (Å²) < 4.78 is 0. The molecule has 2 bridgehead atoms. The second-order valence-corrected chi connectivity index (χ2v) is 5.57. The van der Waals surface area contributed by atoms with Gasteiger partial charge in [0.15, 0.2) is 0 Å². The van der Waals surface area contributed by atoms with Gasteiger partial charge in [0.05, 0.1) is 0 Å². The van der Waals surface area contributed by atoms with Gasteiger partial charge < -0.3 is 0 Å². The molecule has 0 aromatic heterocycles. The maximum Gasteiger partial charge on any atom is -0.0102 e. The third-order valence-corrected chi connectivity index (χ3v) is 4.58. The second kappa shape index (κ2) is 2.98. The summed E-state index contributed by atoms with van der Waals surface area (Å²) in [6.45, 7) is 4.86. The number of fused-ring (bicyclic) bond motifs is 1. The summed E-state index contributed by atoms with van der Waals surface area (Å²) in [5, 5.41) is 0. The molecule has 0 amide bonds. The Balaban J connectivity index is 1.99. The molecule has 2 atom stereocenters. The van der Waals surface area contributed by atoms with E-state index >= 15 is 0 Å². The number of benzene rings is 1. The molecule has 15 heavy (non-hydrogen) atoms. The van der Waals surface area contributed by atoms with Gasteiger partial charge in [-0.1, -0.05) is 50.3 Å². The van der Waals surface area contributed by atoms with Crippen LogP contribution in [0.2, 0.25) is 0 Å². The van der Waals surface area contributed by atoms with Crippen LogP contribution < -0.4 is 0 Å². The summed E-state index contributed by atoms with van der Waals surface area (Å²) in [5.41, 5.74) is 3.58. The zero-order chi connectivity index (χ0) is 10.5. The summed E-state index contributed by atoms with van der Waals surface area (Å²) in [4.78, 5) is 0. The Bertz CT molecular complexity index is 397. The molecule has 0 nitrogen and oxygen atoms in total. The van der Waals surface area contributed by atoms with E-state index in [2.05, 4.69) is 50.3 Å². The molecule has 0 saturated heterocycles. The molecular formula is C15H18. The molecule has 3 aliphatic carbocycles. The highest BCUT2D eigenvalue weighted by Gasteiger charge is 2.51. The summed E-state index contributed by atoms with van der Waals surface area (Å²) in [7, 11) is 0. The van der Waals surface area contributed by atoms with Crippen molar-refractivity contribution in [3.63, 3.8) is 0 Å².